The Morgan fingerprint density at radius 2 is 1.42 bits per heavy atom. The first-order chi connectivity index (χ1) is 55.6. The molecule has 117 heavy (non-hydrogen) atoms. The van der Waals surface area contributed by atoms with Crippen LogP contribution >= 0.6 is 23.2 Å². The molecule has 624 valence electrons. The van der Waals surface area contributed by atoms with E-state index in [4.69, 9.17) is 63.8 Å². The van der Waals surface area contributed by atoms with Crippen LogP contribution in [0.15, 0.2) is 102 Å². The molecule has 8 heterocycles. The number of amides is 9. The maximum absolute atomic E-state index is 16.3. The molecule has 20 N–H and O–H groups in total. The minimum Gasteiger partial charge on any atom is -0.508 e. The van der Waals surface area contributed by atoms with Crippen LogP contribution in [-0.4, -0.2) is 208 Å². The molecule has 0 radical (unpaired) electrons. The molecule has 9 amide bonds. The van der Waals surface area contributed by atoms with Gasteiger partial charge in [0.25, 0.3) is 0 Å². The normalized spacial score (nSPS) is 26.8. The molecule has 1 aromatic heterocycles. The zero-order valence-electron chi connectivity index (χ0n) is 63.4. The molecule has 2 fully saturated rings. The zero-order valence-corrected chi connectivity index (χ0v) is 64.9. The molecule has 7 aliphatic rings. The monoisotopic (exact) mass is 1660 g/mol. The first kappa shape index (κ1) is 86.6. The number of carbonyl (C=O) groups is 9. The number of nitrogens with one attached hydrogen (secondary N) is 9. The Bertz CT molecular complexity index is 4920. The van der Waals surface area contributed by atoms with Crippen molar-refractivity contribution in [1.29, 1.82) is 0 Å². The third kappa shape index (κ3) is 19.6. The maximum Gasteiger partial charge on any atom is 0.347 e. The van der Waals surface area contributed by atoms with Gasteiger partial charge in [-0.2, -0.15) is 0 Å². The second-order valence-corrected chi connectivity index (χ2v) is 30.1. The van der Waals surface area contributed by atoms with Crippen molar-refractivity contribution in [1.82, 2.24) is 57.4 Å². The van der Waals surface area contributed by atoms with Crippen LogP contribution in [0.2, 0.25) is 10.0 Å². The van der Waals surface area contributed by atoms with Gasteiger partial charge in [-0.15, -0.1) is 12.3 Å². The highest BCUT2D eigenvalue weighted by atomic mass is 35.5. The van der Waals surface area contributed by atoms with Gasteiger partial charge in [0.15, 0.2) is 23.9 Å². The molecular weight excluding hydrogens is 1580 g/mol. The van der Waals surface area contributed by atoms with E-state index in [9.17, 15) is 74.7 Å². The lowest BCUT2D eigenvalue weighted by molar-refractivity contribution is -0.334. The van der Waals surface area contributed by atoms with E-state index in [0.29, 0.717) is 6.42 Å². The van der Waals surface area contributed by atoms with E-state index >= 15 is 19.2 Å². The van der Waals surface area contributed by atoms with Crippen LogP contribution < -0.4 is 73.5 Å². The lowest BCUT2D eigenvalue weighted by Gasteiger charge is -2.48. The summed E-state index contributed by atoms with van der Waals surface area (Å²) >= 11 is 14.3. The number of benzene rings is 5. The third-order valence-corrected chi connectivity index (χ3v) is 20.9. The first-order valence-corrected chi connectivity index (χ1v) is 37.8. The Labute approximate surface area is 677 Å². The fraction of sp³-hybridized carbons (Fsp3) is 0.423. The number of terminal acetylenes is 1. The number of aromatic hydroxyl groups is 3. The van der Waals surface area contributed by atoms with Crippen molar-refractivity contribution >= 4 is 76.4 Å². The van der Waals surface area contributed by atoms with Crippen molar-refractivity contribution < 1.29 is 118 Å². The number of fused-ring (bicyclic) bond motifs is 15. The number of primary amides is 1. The van der Waals surface area contributed by atoms with E-state index in [-0.39, 0.29) is 67.1 Å². The van der Waals surface area contributed by atoms with Crippen LogP contribution in [0.5, 0.6) is 46.0 Å². The largest absolute Gasteiger partial charge is 0.508 e. The molecule has 39 heteroatoms. The molecule has 13 rings (SSSR count). The predicted octanol–water partition coefficient (Wildman–Crippen LogP) is 0.356. The summed E-state index contributed by atoms with van der Waals surface area (Å²) in [5.41, 5.74) is 0.860. The number of ether oxygens (including phenoxy) is 6. The molecule has 0 aliphatic carbocycles. The predicted molar refractivity (Wildman–Crippen MR) is 410 cm³/mol. The Balaban J connectivity index is 1.13. The van der Waals surface area contributed by atoms with Gasteiger partial charge in [-0.05, 0) is 128 Å². The number of rotatable bonds is 20. The molecule has 6 aromatic rings. The summed E-state index contributed by atoms with van der Waals surface area (Å²) in [6, 6.07) is 0.968. The number of phenolic OH excluding ortho intramolecular Hbond substituents is 3. The van der Waals surface area contributed by atoms with Crippen molar-refractivity contribution in [2.75, 3.05) is 20.2 Å². The average molecular weight is 1660 g/mol. The molecule has 0 unspecified atom stereocenters. The Hall–Kier alpha value is -11.3. The fourth-order valence-corrected chi connectivity index (χ4v) is 14.7. The molecule has 0 spiro atoms. The molecular formula is C78H88Cl2N12O25. The molecule has 37 nitrogen and oxygen atoms in total. The highest BCUT2D eigenvalue weighted by Crippen LogP contribution is 2.50. The summed E-state index contributed by atoms with van der Waals surface area (Å²) in [5, 5.41) is 129. The minimum atomic E-state index is -2.39. The SMILES string of the molecule is C#CCCCC(=O)N[C@@]1(C)C[C@H](O[C@H]2[C@H](Oc3c4cc5cc3Oc3ccc(cc3Cl)[C@@H](O)[C@@H](NC(=O)[C@@H](CC(C)C)NC)C(=O)N[C@@H](CC(N)=O)C(=O)N[C@H]5C(=O)N[C@H]3C(=O)N[C@H](C(=O)N[C@H](C(=O)NCCn5cccnc5=O)c5cc(O)cc(O)c5-c5cc3ccc5O)[C@H](O)c3ccc(c(Cl)c3)O4)O[C@H](CO)[C@@H](O)[C@@H]2O)O[C@@H](C)[C@H]1O. The summed E-state index contributed by atoms with van der Waals surface area (Å²) in [4.78, 5) is 150. The van der Waals surface area contributed by atoms with Crippen LogP contribution in [0.1, 0.15) is 124 Å². The number of halogens is 2. The number of likely N-dealkylation sites (N-methyl/N-ethyl adjacent to an activating group) is 1. The van der Waals surface area contributed by atoms with E-state index in [1.54, 1.807) is 0 Å². The molecule has 0 saturated carbocycles. The first-order valence-electron chi connectivity index (χ1n) is 37.1. The lowest BCUT2D eigenvalue weighted by atomic mass is 9.84. The van der Waals surface area contributed by atoms with Gasteiger partial charge in [0, 0.05) is 61.9 Å². The number of unbranched alkanes of at least 4 members (excludes halogenated alkanes) is 1. The highest BCUT2D eigenvalue weighted by molar-refractivity contribution is 6.32. The zero-order chi connectivity index (χ0) is 84.8. The Morgan fingerprint density at radius 3 is 2.05 bits per heavy atom. The average Bonchev–Trinajstić information content (AvgIpc) is 0.769. The number of phenols is 3. The Morgan fingerprint density at radius 1 is 0.769 bits per heavy atom. The second-order valence-electron chi connectivity index (χ2n) is 29.3. The van der Waals surface area contributed by atoms with Gasteiger partial charge in [-0.3, -0.25) is 47.7 Å². The second kappa shape index (κ2) is 36.9. The number of aromatic nitrogens is 2. The molecule has 5 aromatic carbocycles. The van der Waals surface area contributed by atoms with Crippen LogP contribution in [0.3, 0.4) is 0 Å². The van der Waals surface area contributed by atoms with Gasteiger partial charge in [-0.1, -0.05) is 55.2 Å². The molecule has 7 aliphatic heterocycles. The topological polar surface area (TPSA) is 560 Å². The summed E-state index contributed by atoms with van der Waals surface area (Å²) in [7, 11) is 1.47. The number of nitrogens with zero attached hydrogens (tertiary/aromatic N) is 2. The van der Waals surface area contributed by atoms with E-state index in [1.807, 2.05) is 13.8 Å². The van der Waals surface area contributed by atoms with Crippen molar-refractivity contribution in [2.45, 2.75) is 182 Å². The number of nitrogens with two attached hydrogens (primary N) is 1. The summed E-state index contributed by atoms with van der Waals surface area (Å²) in [6.45, 7) is 5.03. The van der Waals surface area contributed by atoms with Crippen LogP contribution in [0.4, 0.5) is 0 Å². The summed E-state index contributed by atoms with van der Waals surface area (Å²) < 4.78 is 40.2. The third-order valence-electron chi connectivity index (χ3n) is 20.3. The van der Waals surface area contributed by atoms with Gasteiger partial charge in [-0.25, -0.2) is 9.78 Å². The number of hydrogen-bond acceptors (Lipinski definition) is 27. The fourth-order valence-electron chi connectivity index (χ4n) is 14.3. The molecule has 18 atom stereocenters. The number of carbonyl (C=O) groups excluding carboxylic acids is 9. The minimum absolute atomic E-state index is 0.0447. The van der Waals surface area contributed by atoms with Crippen LogP contribution in [0, 0.1) is 18.3 Å². The van der Waals surface area contributed by atoms with E-state index in [1.165, 1.54) is 51.5 Å². The summed E-state index contributed by atoms with van der Waals surface area (Å²) in [6.07, 6.45) is -11.0. The summed E-state index contributed by atoms with van der Waals surface area (Å²) in [5.74, 6) is -13.5. The van der Waals surface area contributed by atoms with Crippen molar-refractivity contribution in [2.24, 2.45) is 11.7 Å². The van der Waals surface area contributed by atoms with Gasteiger partial charge >= 0.3 is 5.69 Å². The quantitative estimate of drug-likeness (QED) is 0.0362. The number of aliphatic hydroxyl groups is 6. The van der Waals surface area contributed by atoms with E-state index < -0.39 is 254 Å². The smallest absolute Gasteiger partial charge is 0.347 e. The van der Waals surface area contributed by atoms with Gasteiger partial charge in [0.05, 0.1) is 40.8 Å². The molecule has 2 saturated heterocycles. The standard InChI is InChI=1S/C78H88Cl2N12O25/c1-7-8-9-11-54(98)91-78(5)31-55(112-34(4)68(78)103)116-67-65(102)64(101)52(32-93)115-76(67)117-66-50-26-38-27-51(66)114-49-17-14-37(25-43(49)80)63(100)61-75(110)88-59(71(106)83-19-21-92-20-10-18-84-77(92)111)41-28-39(94)29-47(96)56(41)40-23-35(12-15-46(40)95)57(72(107)90-61)87-73(108)58(38)86-70(105)45(30-53(81)97)85-74(109)60(89-69(104)44(82-6)22-33(2)3)62(99)36-13-16-48(113-50)42(79)24-36/h1,10,12-18,20,23-29,33-34,44-45,52,55,57-65,67-68,76,82,93-96,99-103H,8-9,11,19,21-22,30-32H2,2-6H3,(H2,81,97)(H,83,106)(H,85,109)(H,86,105)(H,87,108)(H,88,110)(H,89,104)(H,90,107)(H,91,98)/t34-,44+,45-,52+,55-,57+,58+,59-,60+,61-,62+,63+,64+,65-,67+,68+,76-,78-/m0/s1. The van der Waals surface area contributed by atoms with Gasteiger partial charge < -0.3 is 128 Å². The Kier molecular flexibility index (Phi) is 27.3. The van der Waals surface area contributed by atoms with Crippen molar-refractivity contribution in [3.63, 3.8) is 0 Å². The van der Waals surface area contributed by atoms with Crippen LogP contribution in [0.25, 0.3) is 11.1 Å². The molecule has 11 bridgehead atoms. The lowest BCUT2D eigenvalue weighted by Crippen LogP contribution is -2.66. The van der Waals surface area contributed by atoms with E-state index in [0.717, 1.165) is 71.3 Å². The van der Waals surface area contributed by atoms with Crippen molar-refractivity contribution in [3.05, 3.63) is 146 Å². The van der Waals surface area contributed by atoms with Gasteiger partial charge in [0.2, 0.25) is 65.2 Å². The van der Waals surface area contributed by atoms with Gasteiger partial charge in [0.1, 0.15) is 102 Å². The van der Waals surface area contributed by atoms with Crippen molar-refractivity contribution in [3.8, 4) is 69.5 Å². The van der Waals surface area contributed by atoms with E-state index in [2.05, 4.69) is 58.8 Å². The highest BCUT2D eigenvalue weighted by Gasteiger charge is 2.53. The van der Waals surface area contributed by atoms with Crippen LogP contribution in [-0.2, 0) is 63.9 Å². The number of aliphatic hydroxyl groups excluding tert-OH is 6. The number of hydrogen-bond donors (Lipinski definition) is 19. The maximum atomic E-state index is 16.3.